The molecule has 5 heteroatoms. The minimum atomic E-state index is -0.276. The number of hydrogen-bond acceptors (Lipinski definition) is 4. The second-order valence-corrected chi connectivity index (χ2v) is 2.67. The average molecular weight is 188 g/mol. The van der Waals surface area contributed by atoms with Gasteiger partial charge in [0.15, 0.2) is 0 Å². The summed E-state index contributed by atoms with van der Waals surface area (Å²) in [6, 6.07) is 4.64. The Kier molecular flexibility index (Phi) is 2.88. The summed E-state index contributed by atoms with van der Waals surface area (Å²) in [5.41, 5.74) is 6.08. The lowest BCUT2D eigenvalue weighted by molar-refractivity contribution is 0.296. The second-order valence-electron chi connectivity index (χ2n) is 2.26. The van der Waals surface area contributed by atoms with Crippen molar-refractivity contribution in [1.29, 1.82) is 0 Å². The Hall–Kier alpha value is -0.810. The summed E-state index contributed by atoms with van der Waals surface area (Å²) < 4.78 is 0. The predicted molar refractivity (Wildman–Crippen MR) is 47.0 cm³/mol. The van der Waals surface area contributed by atoms with E-state index in [-0.39, 0.29) is 15.9 Å². The van der Waals surface area contributed by atoms with Crippen molar-refractivity contribution >= 4 is 17.3 Å². The molecule has 0 heterocycles. The standard InChI is InChI=1S/C7H8ClN2O2/c8-6-2-1-5(4-9)3-7(6)10(11)12/h1-3,11H,4,9H2/q-1. The van der Waals surface area contributed by atoms with Crippen LogP contribution in [0.15, 0.2) is 18.2 Å². The third-order valence-corrected chi connectivity index (χ3v) is 1.77. The molecule has 0 saturated carbocycles. The maximum atomic E-state index is 10.5. The van der Waals surface area contributed by atoms with E-state index in [1.807, 2.05) is 0 Å². The van der Waals surface area contributed by atoms with Gasteiger partial charge >= 0.3 is 0 Å². The summed E-state index contributed by atoms with van der Waals surface area (Å²) in [6.07, 6.45) is 0. The molecular formula is C7H8ClN2O2-. The molecule has 0 aliphatic rings. The van der Waals surface area contributed by atoms with Crippen LogP contribution in [0.5, 0.6) is 0 Å². The minimum absolute atomic E-state index is 0.0135. The Bertz CT molecular complexity index is 278. The van der Waals surface area contributed by atoms with Crippen LogP contribution in [0.4, 0.5) is 5.69 Å². The number of benzene rings is 1. The van der Waals surface area contributed by atoms with Crippen LogP contribution < -0.4 is 11.0 Å². The maximum absolute atomic E-state index is 10.5. The zero-order valence-corrected chi connectivity index (χ0v) is 6.95. The first-order valence-electron chi connectivity index (χ1n) is 3.29. The number of rotatable bonds is 2. The van der Waals surface area contributed by atoms with Gasteiger partial charge in [-0.15, -0.1) is 0 Å². The third kappa shape index (κ3) is 1.86. The van der Waals surface area contributed by atoms with Crippen molar-refractivity contribution in [2.24, 2.45) is 5.73 Å². The molecule has 12 heavy (non-hydrogen) atoms. The lowest BCUT2D eigenvalue weighted by Crippen LogP contribution is -2.08. The normalized spacial score (nSPS) is 10.0. The first-order chi connectivity index (χ1) is 5.65. The van der Waals surface area contributed by atoms with Gasteiger partial charge in [0.1, 0.15) is 0 Å². The zero-order valence-electron chi connectivity index (χ0n) is 6.20. The van der Waals surface area contributed by atoms with Gasteiger partial charge in [-0.1, -0.05) is 17.7 Å². The summed E-state index contributed by atoms with van der Waals surface area (Å²) >= 11 is 5.61. The lowest BCUT2D eigenvalue weighted by atomic mass is 10.2. The Morgan fingerprint density at radius 3 is 2.75 bits per heavy atom. The Balaban J connectivity index is 3.08. The highest BCUT2D eigenvalue weighted by Crippen LogP contribution is 2.25. The van der Waals surface area contributed by atoms with Gasteiger partial charge in [-0.3, -0.25) is 5.21 Å². The van der Waals surface area contributed by atoms with Gasteiger partial charge < -0.3 is 16.2 Å². The number of nitrogens with zero attached hydrogens (tertiary/aromatic N) is 1. The van der Waals surface area contributed by atoms with Crippen LogP contribution in [0.25, 0.3) is 0 Å². The van der Waals surface area contributed by atoms with E-state index in [0.29, 0.717) is 6.54 Å². The van der Waals surface area contributed by atoms with Crippen molar-refractivity contribution in [2.45, 2.75) is 6.54 Å². The fourth-order valence-electron chi connectivity index (χ4n) is 0.832. The molecule has 0 saturated heterocycles. The van der Waals surface area contributed by atoms with Gasteiger partial charge in [0.2, 0.25) is 0 Å². The largest absolute Gasteiger partial charge is 0.733 e. The summed E-state index contributed by atoms with van der Waals surface area (Å²) in [4.78, 5) is 0. The molecule has 0 amide bonds. The van der Waals surface area contributed by atoms with Crippen molar-refractivity contribution in [3.63, 3.8) is 0 Å². The van der Waals surface area contributed by atoms with Gasteiger partial charge in [0.25, 0.3) is 0 Å². The van der Waals surface area contributed by atoms with Crippen LogP contribution >= 0.6 is 11.6 Å². The molecule has 1 aromatic rings. The van der Waals surface area contributed by atoms with E-state index in [2.05, 4.69) is 0 Å². The lowest BCUT2D eigenvalue weighted by Gasteiger charge is -2.23. The summed E-state index contributed by atoms with van der Waals surface area (Å²) in [7, 11) is 0. The summed E-state index contributed by atoms with van der Waals surface area (Å²) in [6.45, 7) is 0.304. The van der Waals surface area contributed by atoms with Crippen LogP contribution in [0.1, 0.15) is 5.56 Å². The summed E-state index contributed by atoms with van der Waals surface area (Å²) in [5, 5.41) is 19.0. The highest BCUT2D eigenvalue weighted by molar-refractivity contribution is 6.33. The van der Waals surface area contributed by atoms with Crippen LogP contribution in [0.2, 0.25) is 5.02 Å². The molecule has 0 aliphatic carbocycles. The average Bonchev–Trinajstić information content (AvgIpc) is 2.05. The smallest absolute Gasteiger partial charge is 0.0698 e. The molecule has 66 valence electrons. The van der Waals surface area contributed by atoms with Gasteiger partial charge in [-0.05, 0) is 17.7 Å². The molecule has 0 spiro atoms. The molecule has 4 nitrogen and oxygen atoms in total. The molecule has 0 atom stereocenters. The van der Waals surface area contributed by atoms with E-state index in [0.717, 1.165) is 5.56 Å². The van der Waals surface area contributed by atoms with Crippen molar-refractivity contribution in [2.75, 3.05) is 5.23 Å². The summed E-state index contributed by atoms with van der Waals surface area (Å²) in [5.74, 6) is 0. The van der Waals surface area contributed by atoms with E-state index in [4.69, 9.17) is 22.5 Å². The van der Waals surface area contributed by atoms with E-state index in [1.165, 1.54) is 12.1 Å². The highest BCUT2D eigenvalue weighted by Gasteiger charge is 2.00. The van der Waals surface area contributed by atoms with Crippen LogP contribution in [0.3, 0.4) is 0 Å². The third-order valence-electron chi connectivity index (χ3n) is 1.45. The maximum Gasteiger partial charge on any atom is 0.0698 e. The zero-order chi connectivity index (χ0) is 9.14. The minimum Gasteiger partial charge on any atom is -0.733 e. The molecule has 0 radical (unpaired) electrons. The fourth-order valence-corrected chi connectivity index (χ4v) is 1.02. The topological polar surface area (TPSA) is 72.5 Å². The Morgan fingerprint density at radius 1 is 1.58 bits per heavy atom. The Labute approximate surface area is 74.7 Å². The van der Waals surface area contributed by atoms with Crippen molar-refractivity contribution < 1.29 is 5.21 Å². The molecule has 3 N–H and O–H groups in total. The number of hydrogen-bond donors (Lipinski definition) is 2. The van der Waals surface area contributed by atoms with Crippen molar-refractivity contribution in [3.8, 4) is 0 Å². The van der Waals surface area contributed by atoms with Gasteiger partial charge in [-0.25, -0.2) is 0 Å². The molecule has 0 aromatic heterocycles. The molecule has 0 unspecified atom stereocenters. The predicted octanol–water partition coefficient (Wildman–Crippen LogP) is 1.49. The monoisotopic (exact) mass is 187 g/mol. The molecular weight excluding hydrogens is 180 g/mol. The number of nitrogens with two attached hydrogens (primary N) is 1. The number of halogens is 1. The first-order valence-corrected chi connectivity index (χ1v) is 3.67. The van der Waals surface area contributed by atoms with E-state index < -0.39 is 0 Å². The number of anilines is 1. The molecule has 1 rings (SSSR count). The molecule has 0 aliphatic heterocycles. The van der Waals surface area contributed by atoms with E-state index in [9.17, 15) is 5.21 Å². The van der Waals surface area contributed by atoms with Gasteiger partial charge in [-0.2, -0.15) is 0 Å². The molecule has 0 fully saturated rings. The first kappa shape index (κ1) is 9.28. The molecule has 1 aromatic carbocycles. The van der Waals surface area contributed by atoms with Crippen LogP contribution in [0, 0.1) is 5.21 Å². The Morgan fingerprint density at radius 2 is 2.25 bits per heavy atom. The van der Waals surface area contributed by atoms with Gasteiger partial charge in [0, 0.05) is 6.54 Å². The van der Waals surface area contributed by atoms with E-state index >= 15 is 0 Å². The van der Waals surface area contributed by atoms with Crippen molar-refractivity contribution in [1.82, 2.24) is 0 Å². The molecule has 0 bridgehead atoms. The second kappa shape index (κ2) is 3.73. The fraction of sp³-hybridized carbons (Fsp3) is 0.143. The van der Waals surface area contributed by atoms with E-state index in [1.54, 1.807) is 6.07 Å². The van der Waals surface area contributed by atoms with Crippen LogP contribution in [-0.2, 0) is 6.54 Å². The SMILES string of the molecule is NCc1ccc(Cl)c(N([O-])O)c1. The van der Waals surface area contributed by atoms with Crippen molar-refractivity contribution in [3.05, 3.63) is 34.0 Å². The highest BCUT2D eigenvalue weighted by atomic mass is 35.5. The quantitative estimate of drug-likeness (QED) is 0.689. The van der Waals surface area contributed by atoms with Crippen LogP contribution in [-0.4, -0.2) is 5.21 Å². The van der Waals surface area contributed by atoms with Gasteiger partial charge in [0.05, 0.1) is 10.7 Å².